The Kier molecular flexibility index (Phi) is 6.37. The fourth-order valence-electron chi connectivity index (χ4n) is 2.22. The molecule has 0 aliphatic carbocycles. The van der Waals surface area contributed by atoms with E-state index in [9.17, 15) is 4.79 Å². The monoisotopic (exact) mass is 408 g/mol. The second-order valence-electron chi connectivity index (χ2n) is 5.64. The zero-order valence-electron chi connectivity index (χ0n) is 15.1. The molecule has 0 unspecified atom stereocenters. The lowest BCUT2D eigenvalue weighted by atomic mass is 10.2. The topological polar surface area (TPSA) is 103 Å². The number of thioether (sulfide) groups is 1. The highest BCUT2D eigenvalue weighted by Gasteiger charge is 2.14. The minimum absolute atomic E-state index is 0.291. The predicted molar refractivity (Wildman–Crippen MR) is 114 cm³/mol. The van der Waals surface area contributed by atoms with Gasteiger partial charge in [0, 0.05) is 11.3 Å². The van der Waals surface area contributed by atoms with Crippen molar-refractivity contribution in [2.24, 2.45) is 4.99 Å². The number of rotatable bonds is 4. The van der Waals surface area contributed by atoms with Crippen molar-refractivity contribution >= 4 is 45.5 Å². The quantitative estimate of drug-likeness (QED) is 0.290. The van der Waals surface area contributed by atoms with Gasteiger partial charge in [-0.15, -0.1) is 10.2 Å². The highest BCUT2D eigenvalue weighted by molar-refractivity contribution is 8.13. The maximum Gasteiger partial charge on any atom is 0.286 e. The number of anilines is 1. The molecule has 1 heterocycles. The number of nitriles is 1. The summed E-state index contributed by atoms with van der Waals surface area (Å²) in [5.74, 6) is -0.291. The summed E-state index contributed by atoms with van der Waals surface area (Å²) in [5.41, 5.74) is 3.38. The SMILES string of the molecule is CSC(=Nc1ccc(-c2nnc(C(=O)Nc3ccc(C)cc3)s2)cc1)NC#N. The van der Waals surface area contributed by atoms with Crippen LogP contribution in [0.2, 0.25) is 0 Å². The van der Waals surface area contributed by atoms with E-state index in [4.69, 9.17) is 5.26 Å². The zero-order valence-corrected chi connectivity index (χ0v) is 16.8. The Morgan fingerprint density at radius 1 is 1.14 bits per heavy atom. The van der Waals surface area contributed by atoms with E-state index in [2.05, 4.69) is 25.8 Å². The summed E-state index contributed by atoms with van der Waals surface area (Å²) in [6.07, 6.45) is 3.69. The molecule has 9 heteroatoms. The smallest absolute Gasteiger partial charge is 0.286 e. The van der Waals surface area contributed by atoms with Gasteiger partial charge in [-0.25, -0.2) is 4.99 Å². The van der Waals surface area contributed by atoms with Crippen LogP contribution in [0.5, 0.6) is 0 Å². The summed E-state index contributed by atoms with van der Waals surface area (Å²) in [5, 5.41) is 23.6. The number of carbonyl (C=O) groups excluding carboxylic acids is 1. The van der Waals surface area contributed by atoms with E-state index < -0.39 is 0 Å². The molecule has 0 radical (unpaired) electrons. The summed E-state index contributed by atoms with van der Waals surface area (Å²) in [6.45, 7) is 1.99. The molecular formula is C19H16N6OS2. The van der Waals surface area contributed by atoms with E-state index >= 15 is 0 Å². The van der Waals surface area contributed by atoms with E-state index in [1.807, 2.05) is 67.9 Å². The van der Waals surface area contributed by atoms with Gasteiger partial charge in [0.2, 0.25) is 5.01 Å². The molecule has 1 amide bonds. The Hall–Kier alpha value is -3.22. The van der Waals surface area contributed by atoms with Crippen LogP contribution >= 0.6 is 23.1 Å². The van der Waals surface area contributed by atoms with Gasteiger partial charge in [-0.2, -0.15) is 5.26 Å². The van der Waals surface area contributed by atoms with Gasteiger partial charge in [-0.1, -0.05) is 40.8 Å². The van der Waals surface area contributed by atoms with Crippen LogP contribution < -0.4 is 10.6 Å². The molecule has 140 valence electrons. The van der Waals surface area contributed by atoms with Crippen molar-refractivity contribution in [1.29, 1.82) is 5.26 Å². The van der Waals surface area contributed by atoms with Crippen molar-refractivity contribution in [2.75, 3.05) is 11.6 Å². The molecule has 0 fully saturated rings. The first-order chi connectivity index (χ1) is 13.6. The molecule has 2 aromatic carbocycles. The molecule has 0 aliphatic heterocycles. The number of hydrogen-bond acceptors (Lipinski definition) is 7. The second kappa shape index (κ2) is 9.12. The molecule has 2 N–H and O–H groups in total. The molecule has 3 rings (SSSR count). The van der Waals surface area contributed by atoms with E-state index in [1.165, 1.54) is 23.1 Å². The maximum atomic E-state index is 12.4. The predicted octanol–water partition coefficient (Wildman–Crippen LogP) is 4.19. The van der Waals surface area contributed by atoms with Gasteiger partial charge in [-0.05, 0) is 49.6 Å². The third kappa shape index (κ3) is 4.94. The number of nitrogens with zero attached hydrogens (tertiary/aromatic N) is 4. The Labute approximate surface area is 170 Å². The summed E-state index contributed by atoms with van der Waals surface area (Å²) in [7, 11) is 0. The van der Waals surface area contributed by atoms with Crippen molar-refractivity contribution in [2.45, 2.75) is 6.92 Å². The van der Waals surface area contributed by atoms with Crippen LogP contribution in [0.25, 0.3) is 10.6 Å². The van der Waals surface area contributed by atoms with Gasteiger partial charge in [-0.3, -0.25) is 10.1 Å². The molecule has 1 aromatic heterocycles. The van der Waals surface area contributed by atoms with Gasteiger partial charge in [0.15, 0.2) is 11.4 Å². The van der Waals surface area contributed by atoms with Crippen LogP contribution in [0.3, 0.4) is 0 Å². The minimum Gasteiger partial charge on any atom is -0.320 e. The minimum atomic E-state index is -0.291. The fourth-order valence-corrected chi connectivity index (χ4v) is 3.31. The number of amides is 1. The van der Waals surface area contributed by atoms with Gasteiger partial charge in [0.1, 0.15) is 5.01 Å². The Balaban J connectivity index is 1.72. The number of carbonyl (C=O) groups is 1. The molecule has 0 saturated heterocycles. The zero-order chi connectivity index (χ0) is 19.9. The first-order valence-corrected chi connectivity index (χ1v) is 10.2. The Morgan fingerprint density at radius 2 is 1.86 bits per heavy atom. The third-order valence-electron chi connectivity index (χ3n) is 3.63. The number of benzene rings is 2. The van der Waals surface area contributed by atoms with Crippen molar-refractivity contribution in [3.05, 3.63) is 59.1 Å². The third-order valence-corrected chi connectivity index (χ3v) is 5.18. The Morgan fingerprint density at radius 3 is 2.50 bits per heavy atom. The fraction of sp³-hybridized carbons (Fsp3) is 0.105. The number of aryl methyl sites for hydroxylation is 1. The van der Waals surface area contributed by atoms with Crippen molar-refractivity contribution in [3.8, 4) is 16.8 Å². The summed E-state index contributed by atoms with van der Waals surface area (Å²) in [6, 6.07) is 14.9. The van der Waals surface area contributed by atoms with Crippen LogP contribution in [0.15, 0.2) is 53.5 Å². The molecule has 3 aromatic rings. The van der Waals surface area contributed by atoms with Crippen LogP contribution in [-0.2, 0) is 0 Å². The van der Waals surface area contributed by atoms with E-state index in [-0.39, 0.29) is 5.91 Å². The molecule has 0 bridgehead atoms. The summed E-state index contributed by atoms with van der Waals surface area (Å²) < 4.78 is 0. The van der Waals surface area contributed by atoms with Gasteiger partial charge >= 0.3 is 0 Å². The lowest BCUT2D eigenvalue weighted by Gasteiger charge is -2.02. The van der Waals surface area contributed by atoms with E-state index in [0.29, 0.717) is 26.6 Å². The summed E-state index contributed by atoms with van der Waals surface area (Å²) in [4.78, 5) is 16.7. The highest BCUT2D eigenvalue weighted by Crippen LogP contribution is 2.26. The average Bonchev–Trinajstić information content (AvgIpc) is 3.20. The summed E-state index contributed by atoms with van der Waals surface area (Å²) >= 11 is 2.57. The van der Waals surface area contributed by atoms with Crippen molar-refractivity contribution < 1.29 is 4.79 Å². The number of nitrogens with one attached hydrogen (secondary N) is 2. The standard InChI is InChI=1S/C19H16N6OS2/c1-12-3-7-14(8-4-12)22-16(26)18-25-24-17(28-18)13-5-9-15(10-6-13)23-19(27-2)21-11-20/h3-10H,1-2H3,(H,21,23)(H,22,26). The second-order valence-corrected chi connectivity index (χ2v) is 7.41. The number of amidine groups is 1. The van der Waals surface area contributed by atoms with Crippen LogP contribution in [0, 0.1) is 18.4 Å². The number of aromatic nitrogens is 2. The van der Waals surface area contributed by atoms with Gasteiger partial charge in [0.05, 0.1) is 5.69 Å². The van der Waals surface area contributed by atoms with Crippen molar-refractivity contribution in [1.82, 2.24) is 15.5 Å². The van der Waals surface area contributed by atoms with Gasteiger partial charge < -0.3 is 5.32 Å². The van der Waals surface area contributed by atoms with Crippen LogP contribution in [0.1, 0.15) is 15.4 Å². The number of hydrogen-bond donors (Lipinski definition) is 2. The van der Waals surface area contributed by atoms with E-state index in [1.54, 1.807) is 0 Å². The first kappa shape index (κ1) is 19.5. The molecule has 0 spiro atoms. The van der Waals surface area contributed by atoms with Crippen LogP contribution in [0.4, 0.5) is 11.4 Å². The lowest BCUT2D eigenvalue weighted by Crippen LogP contribution is -2.12. The largest absolute Gasteiger partial charge is 0.320 e. The molecule has 28 heavy (non-hydrogen) atoms. The average molecular weight is 409 g/mol. The highest BCUT2D eigenvalue weighted by atomic mass is 32.2. The van der Waals surface area contributed by atoms with Crippen LogP contribution in [-0.4, -0.2) is 27.5 Å². The molecular weight excluding hydrogens is 392 g/mol. The van der Waals surface area contributed by atoms with E-state index in [0.717, 1.165) is 11.1 Å². The van der Waals surface area contributed by atoms with Gasteiger partial charge in [0.25, 0.3) is 5.91 Å². The Bertz CT molecular complexity index is 1040. The molecule has 0 atom stereocenters. The molecule has 0 saturated carbocycles. The maximum absolute atomic E-state index is 12.4. The number of aliphatic imine (C=N–C) groups is 1. The lowest BCUT2D eigenvalue weighted by molar-refractivity contribution is 0.102. The molecule has 7 nitrogen and oxygen atoms in total. The normalized spacial score (nSPS) is 11.0. The molecule has 0 aliphatic rings. The van der Waals surface area contributed by atoms with Crippen molar-refractivity contribution in [3.63, 3.8) is 0 Å². The first-order valence-electron chi connectivity index (χ1n) is 8.19.